The predicted octanol–water partition coefficient (Wildman–Crippen LogP) is 2.65. The van der Waals surface area contributed by atoms with Gasteiger partial charge in [-0.1, -0.05) is 31.5 Å². The maximum atomic E-state index is 12.8. The fraction of sp³-hybridized carbons (Fsp3) is 0.571. The second kappa shape index (κ2) is 2.61. The molecule has 3 saturated carbocycles. The zero-order valence-corrected chi connectivity index (χ0v) is 10.7. The minimum atomic E-state index is -3.11. The molecule has 1 aromatic carbocycles. The molecule has 0 saturated heterocycles. The summed E-state index contributed by atoms with van der Waals surface area (Å²) in [5.41, 5.74) is 0.125. The Balaban J connectivity index is 1.84. The van der Waals surface area contributed by atoms with Gasteiger partial charge in [0.1, 0.15) is 0 Å². The molecule has 2 nitrogen and oxygen atoms in total. The van der Waals surface area contributed by atoms with Gasteiger partial charge < -0.3 is 0 Å². The van der Waals surface area contributed by atoms with Crippen LogP contribution in [-0.4, -0.2) is 13.2 Å². The summed E-state index contributed by atoms with van der Waals surface area (Å²) in [5.74, 6) is 0.887. The highest BCUT2D eigenvalue weighted by atomic mass is 32.2. The van der Waals surface area contributed by atoms with Crippen LogP contribution in [0.3, 0.4) is 0 Å². The Labute approximate surface area is 102 Å². The Morgan fingerprint density at radius 1 is 1.12 bits per heavy atom. The van der Waals surface area contributed by atoms with Crippen molar-refractivity contribution in [3.8, 4) is 0 Å². The molecule has 0 aromatic heterocycles. The van der Waals surface area contributed by atoms with Crippen molar-refractivity contribution in [1.82, 2.24) is 0 Å². The van der Waals surface area contributed by atoms with Gasteiger partial charge in [0.2, 0.25) is 0 Å². The van der Waals surface area contributed by atoms with Crippen LogP contribution < -0.4 is 0 Å². The molecule has 3 aliphatic rings. The molecule has 3 heteroatoms. The van der Waals surface area contributed by atoms with E-state index in [4.69, 9.17) is 0 Å². The molecule has 4 rings (SSSR count). The molecule has 0 bridgehead atoms. The second-order valence-corrected chi connectivity index (χ2v) is 8.08. The zero-order chi connectivity index (χ0) is 11.9. The van der Waals surface area contributed by atoms with Gasteiger partial charge in [-0.3, -0.25) is 0 Å². The highest BCUT2D eigenvalue weighted by Crippen LogP contribution is 2.94. The van der Waals surface area contributed by atoms with E-state index >= 15 is 0 Å². The van der Waals surface area contributed by atoms with Crippen LogP contribution >= 0.6 is 0 Å². The van der Waals surface area contributed by atoms with Gasteiger partial charge in [-0.15, -0.1) is 0 Å². The lowest BCUT2D eigenvalue weighted by Crippen LogP contribution is -2.28. The summed E-state index contributed by atoms with van der Waals surface area (Å²) in [6, 6.07) is 9.01. The van der Waals surface area contributed by atoms with Gasteiger partial charge in [0, 0.05) is 0 Å². The van der Waals surface area contributed by atoms with Crippen LogP contribution in [0.4, 0.5) is 0 Å². The molecule has 0 radical (unpaired) electrons. The summed E-state index contributed by atoms with van der Waals surface area (Å²) < 4.78 is 25.2. The minimum absolute atomic E-state index is 0.125. The number of hydrogen-bond donors (Lipinski definition) is 0. The van der Waals surface area contributed by atoms with Crippen LogP contribution in [0.25, 0.3) is 0 Å². The van der Waals surface area contributed by atoms with Crippen LogP contribution in [-0.2, 0) is 9.84 Å². The second-order valence-electron chi connectivity index (χ2n) is 5.93. The van der Waals surface area contributed by atoms with Crippen molar-refractivity contribution >= 4 is 9.84 Å². The fourth-order valence-corrected chi connectivity index (χ4v) is 7.99. The van der Waals surface area contributed by atoms with E-state index in [1.54, 1.807) is 12.1 Å². The van der Waals surface area contributed by atoms with E-state index in [1.807, 2.05) is 18.2 Å². The first kappa shape index (κ1) is 10.1. The van der Waals surface area contributed by atoms with Crippen LogP contribution in [0, 0.1) is 17.3 Å². The van der Waals surface area contributed by atoms with Gasteiger partial charge in [0.15, 0.2) is 9.84 Å². The Morgan fingerprint density at radius 3 is 2.24 bits per heavy atom. The number of rotatable bonds is 2. The van der Waals surface area contributed by atoms with Gasteiger partial charge in [-0.2, -0.15) is 0 Å². The van der Waals surface area contributed by atoms with Crippen molar-refractivity contribution in [3.63, 3.8) is 0 Å². The summed E-state index contributed by atoms with van der Waals surface area (Å²) in [7, 11) is -3.11. The molecule has 0 N–H and O–H groups in total. The minimum Gasteiger partial charge on any atom is -0.223 e. The summed E-state index contributed by atoms with van der Waals surface area (Å²) in [6.07, 6.45) is 3.44. The lowest BCUT2D eigenvalue weighted by molar-refractivity contribution is 0.288. The summed E-state index contributed by atoms with van der Waals surface area (Å²) in [5, 5.41) is 0. The number of hydrogen-bond acceptors (Lipinski definition) is 2. The summed E-state index contributed by atoms with van der Waals surface area (Å²) in [6.45, 7) is 2.18. The van der Waals surface area contributed by atoms with Crippen molar-refractivity contribution in [2.24, 2.45) is 17.3 Å². The van der Waals surface area contributed by atoms with E-state index in [2.05, 4.69) is 6.92 Å². The molecule has 0 amide bonds. The fourth-order valence-electron chi connectivity index (χ4n) is 4.86. The molecule has 3 aliphatic carbocycles. The molecule has 2 unspecified atom stereocenters. The van der Waals surface area contributed by atoms with E-state index in [9.17, 15) is 8.42 Å². The zero-order valence-electron chi connectivity index (χ0n) is 9.89. The van der Waals surface area contributed by atoms with E-state index in [0.717, 1.165) is 12.8 Å². The topological polar surface area (TPSA) is 34.1 Å². The summed E-state index contributed by atoms with van der Waals surface area (Å²) >= 11 is 0. The first-order valence-corrected chi connectivity index (χ1v) is 7.86. The maximum absolute atomic E-state index is 12.8. The first-order chi connectivity index (χ1) is 8.08. The average molecular weight is 248 g/mol. The predicted molar refractivity (Wildman–Crippen MR) is 65.3 cm³/mol. The van der Waals surface area contributed by atoms with Gasteiger partial charge in [-0.05, 0) is 42.2 Å². The molecule has 90 valence electrons. The average Bonchev–Trinajstić information content (AvgIpc) is 3.16. The van der Waals surface area contributed by atoms with Crippen molar-refractivity contribution < 1.29 is 8.42 Å². The molecule has 0 heterocycles. The van der Waals surface area contributed by atoms with Gasteiger partial charge in [0.25, 0.3) is 0 Å². The van der Waals surface area contributed by atoms with Crippen molar-refractivity contribution in [2.45, 2.75) is 35.8 Å². The van der Waals surface area contributed by atoms with Crippen LogP contribution in [0.1, 0.15) is 26.2 Å². The molecular weight excluding hydrogens is 232 g/mol. The smallest absolute Gasteiger partial charge is 0.185 e. The van der Waals surface area contributed by atoms with Crippen LogP contribution in [0.2, 0.25) is 0 Å². The Hall–Kier alpha value is -0.830. The lowest BCUT2D eigenvalue weighted by atomic mass is 9.83. The molecule has 17 heavy (non-hydrogen) atoms. The van der Waals surface area contributed by atoms with Gasteiger partial charge in [0.05, 0.1) is 9.64 Å². The maximum Gasteiger partial charge on any atom is 0.185 e. The molecular formula is C14H16O2S. The largest absolute Gasteiger partial charge is 0.223 e. The Morgan fingerprint density at radius 2 is 1.71 bits per heavy atom. The first-order valence-electron chi connectivity index (χ1n) is 6.37. The quantitative estimate of drug-likeness (QED) is 0.806. The molecule has 0 spiro atoms. The van der Waals surface area contributed by atoms with E-state index < -0.39 is 9.84 Å². The van der Waals surface area contributed by atoms with E-state index in [-0.39, 0.29) is 10.2 Å². The third-order valence-corrected chi connectivity index (χ3v) is 8.43. The van der Waals surface area contributed by atoms with E-state index in [0.29, 0.717) is 16.7 Å². The molecule has 0 aliphatic heterocycles. The van der Waals surface area contributed by atoms with Gasteiger partial charge >= 0.3 is 0 Å². The number of sulfone groups is 1. The van der Waals surface area contributed by atoms with Crippen LogP contribution in [0.15, 0.2) is 35.2 Å². The van der Waals surface area contributed by atoms with Crippen LogP contribution in [0.5, 0.6) is 0 Å². The molecule has 3 fully saturated rings. The van der Waals surface area contributed by atoms with Gasteiger partial charge in [-0.25, -0.2) is 8.42 Å². The Kier molecular flexibility index (Phi) is 1.55. The van der Waals surface area contributed by atoms with Crippen molar-refractivity contribution in [3.05, 3.63) is 30.3 Å². The van der Waals surface area contributed by atoms with E-state index in [1.165, 1.54) is 6.42 Å². The highest BCUT2D eigenvalue weighted by Gasteiger charge is 3.00. The molecule has 2 atom stereocenters. The lowest BCUT2D eigenvalue weighted by Gasteiger charge is -2.26. The van der Waals surface area contributed by atoms with Crippen molar-refractivity contribution in [1.29, 1.82) is 0 Å². The number of fused-ring (bicyclic) bond motifs is 2. The normalized spacial score (nSPS) is 46.2. The van der Waals surface area contributed by atoms with Crippen molar-refractivity contribution in [2.75, 3.05) is 0 Å². The number of benzene rings is 1. The SMILES string of the molecule is CC12C3CCCC1C32S(=O)(=O)c1ccccc1. The summed E-state index contributed by atoms with van der Waals surface area (Å²) in [4.78, 5) is 0.526. The monoisotopic (exact) mass is 248 g/mol. The molecule has 1 aromatic rings. The third-order valence-electron chi connectivity index (χ3n) is 5.64. The third kappa shape index (κ3) is 0.805. The standard InChI is InChI=1S/C14H16O2S/c1-13-11-8-5-9-12(13)14(11,13)17(15,16)10-6-3-2-4-7-10/h2-4,6-7,11-12H,5,8-9H2,1H3. The Bertz CT molecular complexity index is 576. The highest BCUT2D eigenvalue weighted by molar-refractivity contribution is 7.93.